The molecule has 1 rings (SSSR count). The molecule has 0 fully saturated rings. The summed E-state index contributed by atoms with van der Waals surface area (Å²) in [6.45, 7) is 7.80. The van der Waals surface area contributed by atoms with E-state index in [1.807, 2.05) is 45.0 Å². The van der Waals surface area contributed by atoms with Crippen molar-refractivity contribution in [1.82, 2.24) is 10.2 Å². The molecule has 1 aromatic rings. The second-order valence-corrected chi connectivity index (χ2v) is 6.19. The molecule has 0 saturated heterocycles. The molecule has 0 heterocycles. The number of amides is 2. The summed E-state index contributed by atoms with van der Waals surface area (Å²) in [5.74, 6) is 0.559. The van der Waals surface area contributed by atoms with Crippen LogP contribution in [-0.2, 0) is 16.0 Å². The number of para-hydroxylation sites is 1. The van der Waals surface area contributed by atoms with Crippen LogP contribution in [0.5, 0.6) is 5.75 Å². The summed E-state index contributed by atoms with van der Waals surface area (Å²) in [7, 11) is 1.63. The minimum atomic E-state index is -0.369. The minimum Gasteiger partial charge on any atom is -0.496 e. The molecule has 0 radical (unpaired) electrons. The van der Waals surface area contributed by atoms with Crippen molar-refractivity contribution in [3.05, 3.63) is 29.8 Å². The van der Waals surface area contributed by atoms with E-state index in [9.17, 15) is 9.59 Å². The third-order valence-electron chi connectivity index (χ3n) is 3.40. The standard InChI is InChI=1S/C17H26N2O3/c1-13(20)19(17(2,3)4)12-16(21)18-11-10-14-8-6-7-9-15(14)22-5/h6-9H,10-12H2,1-5H3,(H,18,21). The van der Waals surface area contributed by atoms with E-state index in [0.29, 0.717) is 13.0 Å². The van der Waals surface area contributed by atoms with Crippen molar-refractivity contribution in [2.75, 3.05) is 20.2 Å². The molecule has 0 aromatic heterocycles. The van der Waals surface area contributed by atoms with Crippen LogP contribution >= 0.6 is 0 Å². The van der Waals surface area contributed by atoms with Gasteiger partial charge in [-0.25, -0.2) is 0 Å². The van der Waals surface area contributed by atoms with Crippen LogP contribution < -0.4 is 10.1 Å². The molecule has 0 aliphatic heterocycles. The van der Waals surface area contributed by atoms with E-state index in [1.165, 1.54) is 6.92 Å². The molecular formula is C17H26N2O3. The molecule has 5 nitrogen and oxygen atoms in total. The molecule has 0 aliphatic rings. The third-order valence-corrected chi connectivity index (χ3v) is 3.40. The molecule has 0 bridgehead atoms. The average Bonchev–Trinajstić information content (AvgIpc) is 2.43. The smallest absolute Gasteiger partial charge is 0.239 e. The molecular weight excluding hydrogens is 280 g/mol. The first kappa shape index (κ1) is 18.0. The molecule has 1 aromatic carbocycles. The lowest BCUT2D eigenvalue weighted by molar-refractivity contribution is -0.138. The third kappa shape index (κ3) is 5.39. The van der Waals surface area contributed by atoms with Gasteiger partial charge in [0.2, 0.25) is 11.8 Å². The second kappa shape index (κ2) is 7.82. The lowest BCUT2D eigenvalue weighted by atomic mass is 10.1. The highest BCUT2D eigenvalue weighted by Gasteiger charge is 2.25. The van der Waals surface area contributed by atoms with E-state index in [0.717, 1.165) is 11.3 Å². The van der Waals surface area contributed by atoms with Gasteiger partial charge in [0.1, 0.15) is 12.3 Å². The SMILES string of the molecule is COc1ccccc1CCNC(=O)CN(C(C)=O)C(C)(C)C. The Labute approximate surface area is 132 Å². The number of hydrogen-bond acceptors (Lipinski definition) is 3. The van der Waals surface area contributed by atoms with Gasteiger partial charge in [-0.1, -0.05) is 18.2 Å². The maximum atomic E-state index is 12.0. The van der Waals surface area contributed by atoms with Crippen LogP contribution in [0.4, 0.5) is 0 Å². The van der Waals surface area contributed by atoms with Gasteiger partial charge in [0, 0.05) is 19.0 Å². The fraction of sp³-hybridized carbons (Fsp3) is 0.529. The Morgan fingerprint density at radius 2 is 1.86 bits per heavy atom. The maximum Gasteiger partial charge on any atom is 0.239 e. The van der Waals surface area contributed by atoms with Gasteiger partial charge in [0.25, 0.3) is 0 Å². The summed E-state index contributed by atoms with van der Waals surface area (Å²) in [5, 5.41) is 2.85. The Bertz CT molecular complexity index is 521. The molecule has 5 heteroatoms. The van der Waals surface area contributed by atoms with Crippen molar-refractivity contribution < 1.29 is 14.3 Å². The van der Waals surface area contributed by atoms with Crippen LogP contribution in [0.2, 0.25) is 0 Å². The van der Waals surface area contributed by atoms with Gasteiger partial charge in [-0.15, -0.1) is 0 Å². The molecule has 2 amide bonds. The molecule has 1 N–H and O–H groups in total. The van der Waals surface area contributed by atoms with Gasteiger partial charge >= 0.3 is 0 Å². The molecule has 0 aliphatic carbocycles. The molecule has 0 atom stereocenters. The number of methoxy groups -OCH3 is 1. The first-order chi connectivity index (χ1) is 10.3. The van der Waals surface area contributed by atoms with Crippen molar-refractivity contribution in [2.45, 2.75) is 39.7 Å². The fourth-order valence-corrected chi connectivity index (χ4v) is 2.27. The number of carbonyl (C=O) groups excluding carboxylic acids is 2. The molecule has 0 unspecified atom stereocenters. The topological polar surface area (TPSA) is 58.6 Å². The van der Waals surface area contributed by atoms with Crippen molar-refractivity contribution in [3.63, 3.8) is 0 Å². The first-order valence-corrected chi connectivity index (χ1v) is 7.42. The molecule has 22 heavy (non-hydrogen) atoms. The van der Waals surface area contributed by atoms with E-state index in [2.05, 4.69) is 5.32 Å². The number of nitrogens with zero attached hydrogens (tertiary/aromatic N) is 1. The lowest BCUT2D eigenvalue weighted by Gasteiger charge is -2.34. The molecule has 0 spiro atoms. The van der Waals surface area contributed by atoms with Crippen molar-refractivity contribution in [1.29, 1.82) is 0 Å². The Morgan fingerprint density at radius 1 is 1.23 bits per heavy atom. The Hall–Kier alpha value is -2.04. The summed E-state index contributed by atoms with van der Waals surface area (Å²) in [6, 6.07) is 7.72. The zero-order valence-electron chi connectivity index (χ0n) is 14.1. The van der Waals surface area contributed by atoms with Gasteiger partial charge in [-0.3, -0.25) is 9.59 Å². The highest BCUT2D eigenvalue weighted by atomic mass is 16.5. The van der Waals surface area contributed by atoms with Crippen LogP contribution in [0.1, 0.15) is 33.3 Å². The largest absolute Gasteiger partial charge is 0.496 e. The Kier molecular flexibility index (Phi) is 6.40. The zero-order chi connectivity index (χ0) is 16.8. The zero-order valence-corrected chi connectivity index (χ0v) is 14.1. The number of rotatable bonds is 6. The first-order valence-electron chi connectivity index (χ1n) is 7.42. The fourth-order valence-electron chi connectivity index (χ4n) is 2.27. The number of hydrogen-bond donors (Lipinski definition) is 1. The minimum absolute atomic E-state index is 0.0742. The summed E-state index contributed by atoms with van der Waals surface area (Å²) >= 11 is 0. The van der Waals surface area contributed by atoms with E-state index < -0.39 is 0 Å². The van der Waals surface area contributed by atoms with Crippen molar-refractivity contribution >= 4 is 11.8 Å². The highest BCUT2D eigenvalue weighted by Crippen LogP contribution is 2.17. The summed E-state index contributed by atoms with van der Waals surface area (Å²) in [6.07, 6.45) is 0.686. The maximum absolute atomic E-state index is 12.0. The van der Waals surface area contributed by atoms with E-state index in [1.54, 1.807) is 12.0 Å². The van der Waals surface area contributed by atoms with Gasteiger partial charge in [-0.2, -0.15) is 0 Å². The number of ether oxygens (including phenoxy) is 1. The van der Waals surface area contributed by atoms with Gasteiger partial charge < -0.3 is 15.0 Å². The van der Waals surface area contributed by atoms with Gasteiger partial charge in [0.15, 0.2) is 0 Å². The Morgan fingerprint density at radius 3 is 2.41 bits per heavy atom. The number of benzene rings is 1. The van der Waals surface area contributed by atoms with Crippen molar-refractivity contribution in [3.8, 4) is 5.75 Å². The molecule has 122 valence electrons. The van der Waals surface area contributed by atoms with Crippen LogP contribution in [0, 0.1) is 0 Å². The van der Waals surface area contributed by atoms with E-state index in [-0.39, 0.29) is 23.9 Å². The van der Waals surface area contributed by atoms with E-state index in [4.69, 9.17) is 4.74 Å². The van der Waals surface area contributed by atoms with Crippen molar-refractivity contribution in [2.24, 2.45) is 0 Å². The average molecular weight is 306 g/mol. The second-order valence-electron chi connectivity index (χ2n) is 6.19. The summed E-state index contributed by atoms with van der Waals surface area (Å²) < 4.78 is 5.28. The van der Waals surface area contributed by atoms with Crippen LogP contribution in [0.25, 0.3) is 0 Å². The van der Waals surface area contributed by atoms with Crippen LogP contribution in [-0.4, -0.2) is 42.5 Å². The Balaban J connectivity index is 2.51. The lowest BCUT2D eigenvalue weighted by Crippen LogP contribution is -2.49. The molecule has 0 saturated carbocycles. The summed E-state index contributed by atoms with van der Waals surface area (Å²) in [4.78, 5) is 25.2. The predicted molar refractivity (Wildman–Crippen MR) is 86.8 cm³/mol. The number of carbonyl (C=O) groups is 2. The van der Waals surface area contributed by atoms with Gasteiger partial charge in [0.05, 0.1) is 7.11 Å². The monoisotopic (exact) mass is 306 g/mol. The van der Waals surface area contributed by atoms with E-state index >= 15 is 0 Å². The van der Waals surface area contributed by atoms with Crippen LogP contribution in [0.3, 0.4) is 0 Å². The summed E-state index contributed by atoms with van der Waals surface area (Å²) in [5.41, 5.74) is 0.677. The predicted octanol–water partition coefficient (Wildman–Crippen LogP) is 2.00. The quantitative estimate of drug-likeness (QED) is 0.874. The van der Waals surface area contributed by atoms with Crippen LogP contribution in [0.15, 0.2) is 24.3 Å². The highest BCUT2D eigenvalue weighted by molar-refractivity contribution is 5.84. The number of nitrogens with one attached hydrogen (secondary N) is 1. The van der Waals surface area contributed by atoms with Gasteiger partial charge in [-0.05, 0) is 38.8 Å². The normalized spacial score (nSPS) is 11.0.